The molecule has 0 aliphatic carbocycles. The van der Waals surface area contributed by atoms with E-state index in [4.69, 9.17) is 0 Å². The van der Waals surface area contributed by atoms with E-state index in [-0.39, 0.29) is 24.5 Å². The molecule has 0 heterocycles. The monoisotopic (exact) mass is 354 g/mol. The Morgan fingerprint density at radius 2 is 1.69 bits per heavy atom. The number of aliphatic hydroxyl groups excluding tert-OH is 1. The van der Waals surface area contributed by atoms with Crippen molar-refractivity contribution in [3.8, 4) is 0 Å². The van der Waals surface area contributed by atoms with Crippen molar-refractivity contribution >= 4 is 11.6 Å². The van der Waals surface area contributed by atoms with E-state index >= 15 is 0 Å². The third-order valence-electron chi connectivity index (χ3n) is 4.38. The highest BCUT2D eigenvalue weighted by molar-refractivity contribution is 5.81. The molecule has 2 rings (SSSR count). The van der Waals surface area contributed by atoms with Crippen molar-refractivity contribution in [1.82, 2.24) is 5.32 Å². The lowest BCUT2D eigenvalue weighted by molar-refractivity contribution is -0.119. The molecule has 0 unspecified atom stereocenters. The van der Waals surface area contributed by atoms with Crippen LogP contribution in [0.5, 0.6) is 0 Å². The molecule has 0 atom stereocenters. The van der Waals surface area contributed by atoms with Crippen molar-refractivity contribution in [1.29, 1.82) is 0 Å². The molecule has 0 bridgehead atoms. The van der Waals surface area contributed by atoms with E-state index in [0.29, 0.717) is 13.1 Å². The van der Waals surface area contributed by atoms with E-state index in [1.165, 1.54) is 11.1 Å². The number of amides is 1. The van der Waals surface area contributed by atoms with E-state index in [1.807, 2.05) is 35.2 Å². The molecule has 2 N–H and O–H groups in total. The molecule has 0 aliphatic rings. The molecule has 0 spiro atoms. The van der Waals surface area contributed by atoms with Crippen molar-refractivity contribution in [2.24, 2.45) is 0 Å². The molecule has 4 nitrogen and oxygen atoms in total. The molecule has 26 heavy (non-hydrogen) atoms. The van der Waals surface area contributed by atoms with Crippen LogP contribution in [-0.2, 0) is 16.6 Å². The largest absolute Gasteiger partial charge is 0.395 e. The van der Waals surface area contributed by atoms with Crippen LogP contribution in [0.4, 0.5) is 5.69 Å². The van der Waals surface area contributed by atoms with Crippen molar-refractivity contribution in [3.63, 3.8) is 0 Å². The van der Waals surface area contributed by atoms with Gasteiger partial charge >= 0.3 is 0 Å². The molecular weight excluding hydrogens is 324 g/mol. The van der Waals surface area contributed by atoms with E-state index in [9.17, 15) is 9.90 Å². The third kappa shape index (κ3) is 6.19. The lowest BCUT2D eigenvalue weighted by atomic mass is 9.86. The fraction of sp³-hybridized carbons (Fsp3) is 0.409. The van der Waals surface area contributed by atoms with Crippen LogP contribution in [0, 0.1) is 0 Å². The van der Waals surface area contributed by atoms with Gasteiger partial charge in [-0.05, 0) is 35.1 Å². The minimum Gasteiger partial charge on any atom is -0.395 e. The summed E-state index contributed by atoms with van der Waals surface area (Å²) in [5, 5.41) is 12.2. The van der Waals surface area contributed by atoms with Gasteiger partial charge in [0.05, 0.1) is 13.2 Å². The number of carbonyl (C=O) groups excluding carboxylic acids is 1. The number of anilines is 1. The lowest BCUT2D eigenvalue weighted by Crippen LogP contribution is -2.39. The second kappa shape index (κ2) is 9.39. The Labute approximate surface area is 156 Å². The van der Waals surface area contributed by atoms with Gasteiger partial charge in [0.2, 0.25) is 5.91 Å². The van der Waals surface area contributed by atoms with Crippen LogP contribution < -0.4 is 10.2 Å². The topological polar surface area (TPSA) is 52.6 Å². The van der Waals surface area contributed by atoms with Gasteiger partial charge < -0.3 is 15.3 Å². The summed E-state index contributed by atoms with van der Waals surface area (Å²) in [4.78, 5) is 14.1. The van der Waals surface area contributed by atoms with Crippen LogP contribution >= 0.6 is 0 Å². The van der Waals surface area contributed by atoms with Crippen LogP contribution in [0.1, 0.15) is 31.9 Å². The quantitative estimate of drug-likeness (QED) is 0.766. The first kappa shape index (κ1) is 20.0. The summed E-state index contributed by atoms with van der Waals surface area (Å²) in [5.74, 6) is -0.0337. The normalized spacial score (nSPS) is 11.2. The number of para-hydroxylation sites is 1. The SMILES string of the molecule is CC(C)(C)c1ccc(CCNC(=O)CN(CCO)c2ccccc2)cc1. The van der Waals surface area contributed by atoms with Crippen molar-refractivity contribution in [3.05, 3.63) is 65.7 Å². The van der Waals surface area contributed by atoms with Gasteiger partial charge in [0.15, 0.2) is 0 Å². The molecule has 2 aromatic rings. The first-order chi connectivity index (χ1) is 12.4. The van der Waals surface area contributed by atoms with Gasteiger partial charge in [-0.3, -0.25) is 4.79 Å². The van der Waals surface area contributed by atoms with Crippen molar-refractivity contribution in [2.45, 2.75) is 32.6 Å². The fourth-order valence-electron chi connectivity index (χ4n) is 2.81. The molecule has 0 aromatic heterocycles. The van der Waals surface area contributed by atoms with E-state index in [0.717, 1.165) is 12.1 Å². The Bertz CT molecular complexity index is 676. The molecule has 0 saturated carbocycles. The lowest BCUT2D eigenvalue weighted by Gasteiger charge is -2.23. The summed E-state index contributed by atoms with van der Waals surface area (Å²) in [7, 11) is 0. The van der Waals surface area contributed by atoms with Crippen molar-refractivity contribution < 1.29 is 9.90 Å². The average Bonchev–Trinajstić information content (AvgIpc) is 2.62. The predicted molar refractivity (Wildman–Crippen MR) is 108 cm³/mol. The van der Waals surface area contributed by atoms with Gasteiger partial charge in [-0.25, -0.2) is 0 Å². The van der Waals surface area contributed by atoms with Gasteiger partial charge in [0, 0.05) is 18.8 Å². The molecule has 1 amide bonds. The smallest absolute Gasteiger partial charge is 0.239 e. The minimum atomic E-state index is -0.0337. The molecule has 0 aliphatic heterocycles. The number of hydrogen-bond acceptors (Lipinski definition) is 3. The molecule has 2 aromatic carbocycles. The summed E-state index contributed by atoms with van der Waals surface area (Å²) in [6.07, 6.45) is 0.807. The minimum absolute atomic E-state index is 0.0162. The second-order valence-corrected chi connectivity index (χ2v) is 7.53. The Hall–Kier alpha value is -2.33. The van der Waals surface area contributed by atoms with E-state index in [1.54, 1.807) is 0 Å². The van der Waals surface area contributed by atoms with Gasteiger partial charge in [-0.2, -0.15) is 0 Å². The van der Waals surface area contributed by atoms with Gasteiger partial charge in [0.1, 0.15) is 0 Å². The number of rotatable bonds is 8. The summed E-state index contributed by atoms with van der Waals surface area (Å²) < 4.78 is 0. The fourth-order valence-corrected chi connectivity index (χ4v) is 2.81. The first-order valence-corrected chi connectivity index (χ1v) is 9.17. The number of nitrogens with one attached hydrogen (secondary N) is 1. The Morgan fingerprint density at radius 1 is 1.04 bits per heavy atom. The molecule has 0 fully saturated rings. The predicted octanol–water partition coefficient (Wildman–Crippen LogP) is 3.14. The molecule has 4 heteroatoms. The van der Waals surface area contributed by atoms with E-state index < -0.39 is 0 Å². The highest BCUT2D eigenvalue weighted by Crippen LogP contribution is 2.22. The second-order valence-electron chi connectivity index (χ2n) is 7.53. The first-order valence-electron chi connectivity index (χ1n) is 9.17. The van der Waals surface area contributed by atoms with Gasteiger partial charge in [-0.1, -0.05) is 63.2 Å². The zero-order valence-corrected chi connectivity index (χ0v) is 16.0. The van der Waals surface area contributed by atoms with Crippen LogP contribution in [0.25, 0.3) is 0 Å². The maximum atomic E-state index is 12.2. The maximum Gasteiger partial charge on any atom is 0.239 e. The zero-order valence-electron chi connectivity index (χ0n) is 16.0. The standard InChI is InChI=1S/C22H30N2O2/c1-22(2,3)19-11-9-18(10-12-19)13-14-23-21(26)17-24(15-16-25)20-7-5-4-6-8-20/h4-12,25H,13-17H2,1-3H3,(H,23,26). The van der Waals surface area contributed by atoms with Crippen LogP contribution in [0.15, 0.2) is 54.6 Å². The summed E-state index contributed by atoms with van der Waals surface area (Å²) in [6, 6.07) is 18.3. The summed E-state index contributed by atoms with van der Waals surface area (Å²) in [5.41, 5.74) is 3.62. The Kier molecular flexibility index (Phi) is 7.22. The number of nitrogens with zero attached hydrogens (tertiary/aromatic N) is 1. The highest BCUT2D eigenvalue weighted by atomic mass is 16.3. The Morgan fingerprint density at radius 3 is 2.27 bits per heavy atom. The molecule has 140 valence electrons. The average molecular weight is 354 g/mol. The summed E-state index contributed by atoms with van der Waals surface area (Å²) in [6.45, 7) is 7.91. The maximum absolute atomic E-state index is 12.2. The molecular formula is C22H30N2O2. The van der Waals surface area contributed by atoms with Crippen LogP contribution in [-0.4, -0.2) is 37.3 Å². The third-order valence-corrected chi connectivity index (χ3v) is 4.38. The van der Waals surface area contributed by atoms with Gasteiger partial charge in [0.25, 0.3) is 0 Å². The van der Waals surface area contributed by atoms with Gasteiger partial charge in [-0.15, -0.1) is 0 Å². The van der Waals surface area contributed by atoms with E-state index in [2.05, 4.69) is 50.4 Å². The van der Waals surface area contributed by atoms with Crippen LogP contribution in [0.3, 0.4) is 0 Å². The number of hydrogen-bond donors (Lipinski definition) is 2. The molecule has 0 radical (unpaired) electrons. The Balaban J connectivity index is 1.82. The van der Waals surface area contributed by atoms with Crippen molar-refractivity contribution in [2.75, 3.05) is 31.1 Å². The number of aliphatic hydroxyl groups is 1. The number of benzene rings is 2. The summed E-state index contributed by atoms with van der Waals surface area (Å²) >= 11 is 0. The number of carbonyl (C=O) groups is 1. The zero-order chi connectivity index (χ0) is 19.0. The molecule has 0 saturated heterocycles. The highest BCUT2D eigenvalue weighted by Gasteiger charge is 2.13. The van der Waals surface area contributed by atoms with Crippen LogP contribution in [0.2, 0.25) is 0 Å².